The van der Waals surface area contributed by atoms with Gasteiger partial charge in [0.1, 0.15) is 10.6 Å². The number of amides is 1. The number of carbonyl (C=O) groups is 1. The normalized spacial score (nSPS) is 17.5. The fraction of sp³-hybridized carbons (Fsp3) is 0.444. The smallest absolute Gasteiger partial charge is 0.266 e. The highest BCUT2D eigenvalue weighted by atomic mass is 32.1. The number of nitrogens with zero attached hydrogens (tertiary/aromatic N) is 2. The maximum absolute atomic E-state index is 12.9. The van der Waals surface area contributed by atoms with Gasteiger partial charge in [-0.3, -0.25) is 4.79 Å². The number of hydrogen-bond donors (Lipinski definition) is 0. The Morgan fingerprint density at radius 3 is 2.70 bits per heavy atom. The first-order chi connectivity index (χ1) is 11.1. The van der Waals surface area contributed by atoms with Crippen molar-refractivity contribution in [2.75, 3.05) is 13.7 Å². The van der Waals surface area contributed by atoms with Gasteiger partial charge >= 0.3 is 0 Å². The monoisotopic (exact) mass is 330 g/mol. The average molecular weight is 330 g/mol. The topological polar surface area (TPSA) is 42.4 Å². The number of carbonyl (C=O) groups excluding carboxylic acids is 1. The van der Waals surface area contributed by atoms with Crippen LogP contribution in [0, 0.1) is 13.8 Å². The summed E-state index contributed by atoms with van der Waals surface area (Å²) in [5, 5.41) is 0.955. The van der Waals surface area contributed by atoms with Gasteiger partial charge in [-0.1, -0.05) is 12.1 Å². The number of aryl methyl sites for hydroxylation is 2. The van der Waals surface area contributed by atoms with Crippen LogP contribution < -0.4 is 4.74 Å². The summed E-state index contributed by atoms with van der Waals surface area (Å²) < 4.78 is 5.20. The second-order valence-electron chi connectivity index (χ2n) is 5.99. The van der Waals surface area contributed by atoms with Gasteiger partial charge in [-0.15, -0.1) is 11.3 Å². The summed E-state index contributed by atoms with van der Waals surface area (Å²) in [5.41, 5.74) is 2.10. The molecule has 3 rings (SSSR count). The van der Waals surface area contributed by atoms with Crippen molar-refractivity contribution in [1.29, 1.82) is 0 Å². The van der Waals surface area contributed by atoms with Crippen molar-refractivity contribution in [2.24, 2.45) is 0 Å². The van der Waals surface area contributed by atoms with Gasteiger partial charge in [0.05, 0.1) is 17.8 Å². The molecule has 0 saturated carbocycles. The zero-order valence-electron chi connectivity index (χ0n) is 13.8. The van der Waals surface area contributed by atoms with Crippen molar-refractivity contribution < 1.29 is 9.53 Å². The van der Waals surface area contributed by atoms with Gasteiger partial charge in [0.25, 0.3) is 5.91 Å². The van der Waals surface area contributed by atoms with E-state index < -0.39 is 0 Å². The average Bonchev–Trinajstić information content (AvgIpc) is 3.13. The van der Waals surface area contributed by atoms with Crippen LogP contribution in [0.4, 0.5) is 0 Å². The number of hydrogen-bond acceptors (Lipinski definition) is 4. The van der Waals surface area contributed by atoms with Crippen LogP contribution in [-0.4, -0.2) is 35.5 Å². The molecule has 0 N–H and O–H groups in total. The van der Waals surface area contributed by atoms with E-state index in [1.54, 1.807) is 7.11 Å². The molecule has 1 saturated heterocycles. The summed E-state index contributed by atoms with van der Waals surface area (Å²) >= 11 is 1.50. The van der Waals surface area contributed by atoms with Crippen LogP contribution in [0.15, 0.2) is 24.3 Å². The van der Waals surface area contributed by atoms with Gasteiger partial charge in [0.2, 0.25) is 0 Å². The lowest BCUT2D eigenvalue weighted by Gasteiger charge is -2.24. The molecule has 1 unspecified atom stereocenters. The lowest BCUT2D eigenvalue weighted by molar-refractivity contribution is 0.0740. The van der Waals surface area contributed by atoms with E-state index in [1.807, 2.05) is 30.9 Å². The minimum absolute atomic E-state index is 0.143. The number of aromatic nitrogens is 1. The highest BCUT2D eigenvalue weighted by Crippen LogP contribution is 2.27. The number of methoxy groups -OCH3 is 1. The second kappa shape index (κ2) is 6.71. The number of ether oxygens (including phenoxy) is 1. The molecule has 1 aromatic heterocycles. The lowest BCUT2D eigenvalue weighted by Crippen LogP contribution is -2.36. The van der Waals surface area contributed by atoms with Gasteiger partial charge < -0.3 is 9.64 Å². The van der Waals surface area contributed by atoms with Crippen LogP contribution in [0.25, 0.3) is 0 Å². The summed E-state index contributed by atoms with van der Waals surface area (Å²) in [5.74, 6) is 1.01. The molecule has 0 spiro atoms. The van der Waals surface area contributed by atoms with E-state index in [2.05, 4.69) is 17.1 Å². The number of likely N-dealkylation sites (tertiary alicyclic amines) is 1. The molecular weight excluding hydrogens is 308 g/mol. The fourth-order valence-electron chi connectivity index (χ4n) is 3.21. The Labute approximate surface area is 141 Å². The zero-order chi connectivity index (χ0) is 16.4. The summed E-state index contributed by atoms with van der Waals surface area (Å²) in [4.78, 5) is 20.1. The molecule has 0 bridgehead atoms. The van der Waals surface area contributed by atoms with E-state index in [9.17, 15) is 4.79 Å². The van der Waals surface area contributed by atoms with E-state index in [1.165, 1.54) is 16.9 Å². The van der Waals surface area contributed by atoms with E-state index in [4.69, 9.17) is 4.74 Å². The van der Waals surface area contributed by atoms with Crippen LogP contribution >= 0.6 is 11.3 Å². The number of rotatable bonds is 4. The Hall–Kier alpha value is -1.88. The molecule has 1 aromatic carbocycles. The van der Waals surface area contributed by atoms with Crippen LogP contribution in [0.1, 0.15) is 38.8 Å². The Balaban J connectivity index is 1.74. The van der Waals surface area contributed by atoms with E-state index in [-0.39, 0.29) is 11.9 Å². The van der Waals surface area contributed by atoms with Crippen molar-refractivity contribution in [1.82, 2.24) is 9.88 Å². The summed E-state index contributed by atoms with van der Waals surface area (Å²) in [6.45, 7) is 4.72. The van der Waals surface area contributed by atoms with Crippen LogP contribution in [0.3, 0.4) is 0 Å². The molecule has 1 aliphatic rings. The standard InChI is InChI=1S/C18H22N2O2S/c1-12-17(23-13(2)19-12)18(21)20-10-4-5-15(20)11-14-6-8-16(22-3)9-7-14/h6-9,15H,4-5,10-11H2,1-3H3. The minimum atomic E-state index is 0.143. The molecule has 1 amide bonds. The van der Waals surface area contributed by atoms with Crippen LogP contribution in [0.2, 0.25) is 0 Å². The van der Waals surface area contributed by atoms with Crippen molar-refractivity contribution in [3.05, 3.63) is 45.4 Å². The largest absolute Gasteiger partial charge is 0.497 e. The first kappa shape index (κ1) is 16.0. The lowest BCUT2D eigenvalue weighted by atomic mass is 10.0. The molecule has 4 nitrogen and oxygen atoms in total. The summed E-state index contributed by atoms with van der Waals surface area (Å²) in [6.07, 6.45) is 3.03. The van der Waals surface area contributed by atoms with Crippen LogP contribution in [-0.2, 0) is 6.42 Å². The van der Waals surface area contributed by atoms with Crippen molar-refractivity contribution in [3.63, 3.8) is 0 Å². The predicted octanol–water partition coefficient (Wildman–Crippen LogP) is 3.62. The third-order valence-electron chi connectivity index (χ3n) is 4.37. The molecule has 1 fully saturated rings. The highest BCUT2D eigenvalue weighted by molar-refractivity contribution is 7.13. The third-order valence-corrected chi connectivity index (χ3v) is 5.43. The fourth-order valence-corrected chi connectivity index (χ4v) is 4.09. The molecule has 1 atom stereocenters. The highest BCUT2D eigenvalue weighted by Gasteiger charge is 2.31. The van der Waals surface area contributed by atoms with E-state index >= 15 is 0 Å². The number of thiazole rings is 1. The SMILES string of the molecule is COc1ccc(CC2CCCN2C(=O)c2sc(C)nc2C)cc1. The second-order valence-corrected chi connectivity index (χ2v) is 7.20. The Kier molecular flexibility index (Phi) is 4.66. The van der Waals surface area contributed by atoms with Crippen molar-refractivity contribution >= 4 is 17.2 Å². The summed E-state index contributed by atoms with van der Waals surface area (Å²) in [7, 11) is 1.67. The van der Waals surface area contributed by atoms with Gasteiger partial charge in [-0.05, 0) is 50.8 Å². The molecular formula is C18H22N2O2S. The van der Waals surface area contributed by atoms with Gasteiger partial charge in [-0.25, -0.2) is 4.98 Å². The molecule has 122 valence electrons. The van der Waals surface area contributed by atoms with E-state index in [0.29, 0.717) is 0 Å². The minimum Gasteiger partial charge on any atom is -0.497 e. The zero-order valence-corrected chi connectivity index (χ0v) is 14.7. The van der Waals surface area contributed by atoms with Gasteiger partial charge in [0.15, 0.2) is 0 Å². The Bertz CT molecular complexity index is 694. The maximum atomic E-state index is 12.9. The van der Waals surface area contributed by atoms with Crippen molar-refractivity contribution in [3.8, 4) is 5.75 Å². The molecule has 2 heterocycles. The summed E-state index contributed by atoms with van der Waals surface area (Å²) in [6, 6.07) is 8.40. The maximum Gasteiger partial charge on any atom is 0.266 e. The molecule has 5 heteroatoms. The quantitative estimate of drug-likeness (QED) is 0.860. The first-order valence-corrected chi connectivity index (χ1v) is 8.78. The Morgan fingerprint density at radius 1 is 1.35 bits per heavy atom. The first-order valence-electron chi connectivity index (χ1n) is 7.96. The van der Waals surface area contributed by atoms with Gasteiger partial charge in [0, 0.05) is 12.6 Å². The number of benzene rings is 1. The Morgan fingerprint density at radius 2 is 2.09 bits per heavy atom. The predicted molar refractivity (Wildman–Crippen MR) is 92.3 cm³/mol. The molecule has 2 aromatic rings. The van der Waals surface area contributed by atoms with E-state index in [0.717, 1.165) is 47.1 Å². The van der Waals surface area contributed by atoms with Crippen LogP contribution in [0.5, 0.6) is 5.75 Å². The molecule has 1 aliphatic heterocycles. The van der Waals surface area contributed by atoms with Gasteiger partial charge in [-0.2, -0.15) is 0 Å². The molecule has 0 aliphatic carbocycles. The molecule has 0 radical (unpaired) electrons. The van der Waals surface area contributed by atoms with Crippen molar-refractivity contribution in [2.45, 2.75) is 39.2 Å². The third kappa shape index (κ3) is 3.39. The molecule has 23 heavy (non-hydrogen) atoms.